The third-order valence-electron chi connectivity index (χ3n) is 4.36. The fourth-order valence-electron chi connectivity index (χ4n) is 2.69. The van der Waals surface area contributed by atoms with Crippen molar-refractivity contribution in [1.82, 2.24) is 9.80 Å². The maximum atomic E-state index is 12.7. The number of amides is 1. The fourth-order valence-corrected chi connectivity index (χ4v) is 2.69. The van der Waals surface area contributed by atoms with E-state index in [0.29, 0.717) is 11.3 Å². The summed E-state index contributed by atoms with van der Waals surface area (Å²) in [5, 5.41) is 0. The van der Waals surface area contributed by atoms with E-state index < -0.39 is 0 Å². The zero-order valence-electron chi connectivity index (χ0n) is 13.7. The summed E-state index contributed by atoms with van der Waals surface area (Å²) >= 11 is 0. The van der Waals surface area contributed by atoms with Crippen LogP contribution in [0.15, 0.2) is 18.2 Å². The van der Waals surface area contributed by atoms with Crippen molar-refractivity contribution < 1.29 is 4.79 Å². The Morgan fingerprint density at radius 2 is 1.95 bits per heavy atom. The van der Waals surface area contributed by atoms with Gasteiger partial charge in [0.1, 0.15) is 0 Å². The lowest BCUT2D eigenvalue weighted by molar-refractivity contribution is 0.0311. The molecule has 0 aliphatic carbocycles. The van der Waals surface area contributed by atoms with Gasteiger partial charge in [-0.1, -0.05) is 0 Å². The molecule has 0 bridgehead atoms. The number of anilines is 2. The standard InChI is InChI=1S/C16H26N4O/c1-16(2)11-20(9-8-19(16)5)15(21)12-6-7-14(18(3)4)13(17)10-12/h6-7,10H,8-9,11,17H2,1-5H3. The molecule has 1 fully saturated rings. The Hall–Kier alpha value is -1.75. The predicted molar refractivity (Wildman–Crippen MR) is 87.8 cm³/mol. The van der Waals surface area contributed by atoms with Gasteiger partial charge in [0.2, 0.25) is 0 Å². The van der Waals surface area contributed by atoms with Gasteiger partial charge in [-0.05, 0) is 39.1 Å². The maximum Gasteiger partial charge on any atom is 0.254 e. The van der Waals surface area contributed by atoms with Crippen LogP contribution >= 0.6 is 0 Å². The highest BCUT2D eigenvalue weighted by Crippen LogP contribution is 2.25. The Bertz CT molecular complexity index is 539. The highest BCUT2D eigenvalue weighted by atomic mass is 16.2. The Kier molecular flexibility index (Phi) is 4.14. The van der Waals surface area contributed by atoms with Gasteiger partial charge in [0.25, 0.3) is 5.91 Å². The largest absolute Gasteiger partial charge is 0.397 e. The van der Waals surface area contributed by atoms with Crippen molar-refractivity contribution in [3.63, 3.8) is 0 Å². The minimum atomic E-state index is 0.00301. The Morgan fingerprint density at radius 1 is 1.29 bits per heavy atom. The molecule has 0 spiro atoms. The lowest BCUT2D eigenvalue weighted by Gasteiger charge is -2.45. The number of carbonyl (C=O) groups is 1. The molecule has 1 aliphatic rings. The van der Waals surface area contributed by atoms with Crippen LogP contribution in [0.5, 0.6) is 0 Å². The quantitative estimate of drug-likeness (QED) is 0.839. The summed E-state index contributed by atoms with van der Waals surface area (Å²) in [6, 6.07) is 5.55. The van der Waals surface area contributed by atoms with E-state index in [4.69, 9.17) is 5.73 Å². The van der Waals surface area contributed by atoms with E-state index in [2.05, 4.69) is 25.8 Å². The van der Waals surface area contributed by atoms with E-state index in [0.717, 1.165) is 25.3 Å². The normalized spacial score (nSPS) is 18.6. The summed E-state index contributed by atoms with van der Waals surface area (Å²) in [5.41, 5.74) is 8.29. The van der Waals surface area contributed by atoms with Crippen LogP contribution in [0.1, 0.15) is 24.2 Å². The van der Waals surface area contributed by atoms with E-state index in [1.54, 1.807) is 6.07 Å². The number of carbonyl (C=O) groups excluding carboxylic acids is 1. The Balaban J connectivity index is 2.19. The smallest absolute Gasteiger partial charge is 0.254 e. The number of rotatable bonds is 2. The van der Waals surface area contributed by atoms with Crippen molar-refractivity contribution in [2.45, 2.75) is 19.4 Å². The number of hydrogen-bond acceptors (Lipinski definition) is 4. The Labute approximate surface area is 127 Å². The first-order valence-electron chi connectivity index (χ1n) is 7.30. The van der Waals surface area contributed by atoms with Crippen LogP contribution in [0.25, 0.3) is 0 Å². The molecule has 5 nitrogen and oxygen atoms in total. The first kappa shape index (κ1) is 15.6. The van der Waals surface area contributed by atoms with Crippen LogP contribution in [0, 0.1) is 0 Å². The molecular formula is C16H26N4O. The highest BCUT2D eigenvalue weighted by Gasteiger charge is 2.33. The van der Waals surface area contributed by atoms with E-state index in [1.807, 2.05) is 36.0 Å². The van der Waals surface area contributed by atoms with E-state index in [9.17, 15) is 4.79 Å². The lowest BCUT2D eigenvalue weighted by atomic mass is 9.99. The summed E-state index contributed by atoms with van der Waals surface area (Å²) in [6.07, 6.45) is 0. The maximum absolute atomic E-state index is 12.7. The monoisotopic (exact) mass is 290 g/mol. The molecule has 0 unspecified atom stereocenters. The van der Waals surface area contributed by atoms with Gasteiger partial charge in [-0.15, -0.1) is 0 Å². The van der Waals surface area contributed by atoms with E-state index >= 15 is 0 Å². The molecular weight excluding hydrogens is 264 g/mol. The second-order valence-corrected chi connectivity index (χ2v) is 6.63. The molecule has 1 aliphatic heterocycles. The molecule has 2 rings (SSSR count). The number of benzene rings is 1. The van der Waals surface area contributed by atoms with E-state index in [1.165, 1.54) is 0 Å². The number of piperazine rings is 1. The summed E-state index contributed by atoms with van der Waals surface area (Å²) in [4.78, 5) is 18.8. The van der Waals surface area contributed by atoms with Crippen molar-refractivity contribution in [1.29, 1.82) is 0 Å². The molecule has 2 N–H and O–H groups in total. The van der Waals surface area contributed by atoms with Gasteiger partial charge in [0.15, 0.2) is 0 Å². The van der Waals surface area contributed by atoms with Crippen LogP contribution < -0.4 is 10.6 Å². The highest BCUT2D eigenvalue weighted by molar-refractivity contribution is 5.96. The topological polar surface area (TPSA) is 52.8 Å². The summed E-state index contributed by atoms with van der Waals surface area (Å²) < 4.78 is 0. The van der Waals surface area contributed by atoms with E-state index in [-0.39, 0.29) is 11.4 Å². The number of hydrogen-bond donors (Lipinski definition) is 1. The minimum absolute atomic E-state index is 0.00301. The molecule has 116 valence electrons. The molecule has 0 radical (unpaired) electrons. The average molecular weight is 290 g/mol. The zero-order valence-corrected chi connectivity index (χ0v) is 13.7. The molecule has 1 saturated heterocycles. The van der Waals surface area contributed by atoms with Gasteiger partial charge < -0.3 is 15.5 Å². The van der Waals surface area contributed by atoms with Gasteiger partial charge in [-0.2, -0.15) is 0 Å². The summed E-state index contributed by atoms with van der Waals surface area (Å²) in [6.45, 7) is 6.71. The molecule has 1 heterocycles. The SMILES string of the molecule is CN(C)c1ccc(C(=O)N2CCN(C)C(C)(C)C2)cc1N. The molecule has 1 aromatic rings. The molecule has 21 heavy (non-hydrogen) atoms. The molecule has 0 aromatic heterocycles. The van der Waals surface area contributed by atoms with Crippen LogP contribution in [0.2, 0.25) is 0 Å². The van der Waals surface area contributed by atoms with Gasteiger partial charge in [-0.25, -0.2) is 0 Å². The van der Waals surface area contributed by atoms with Crippen molar-refractivity contribution in [3.05, 3.63) is 23.8 Å². The molecule has 0 saturated carbocycles. The molecule has 1 amide bonds. The second-order valence-electron chi connectivity index (χ2n) is 6.63. The number of likely N-dealkylation sites (N-methyl/N-ethyl adjacent to an activating group) is 1. The van der Waals surface area contributed by atoms with Gasteiger partial charge in [0, 0.05) is 44.8 Å². The van der Waals surface area contributed by atoms with Crippen molar-refractivity contribution in [2.75, 3.05) is 51.4 Å². The zero-order chi connectivity index (χ0) is 15.8. The van der Waals surface area contributed by atoms with Crippen LogP contribution in [-0.2, 0) is 0 Å². The third-order valence-corrected chi connectivity index (χ3v) is 4.36. The predicted octanol–water partition coefficient (Wildman–Crippen LogP) is 1.50. The first-order chi connectivity index (χ1) is 9.72. The van der Waals surface area contributed by atoms with Crippen molar-refractivity contribution in [2.24, 2.45) is 0 Å². The average Bonchev–Trinajstić information content (AvgIpc) is 2.40. The molecule has 5 heteroatoms. The molecule has 0 atom stereocenters. The second kappa shape index (κ2) is 5.56. The Morgan fingerprint density at radius 3 is 2.48 bits per heavy atom. The first-order valence-corrected chi connectivity index (χ1v) is 7.30. The number of nitrogens with zero attached hydrogens (tertiary/aromatic N) is 3. The van der Waals surface area contributed by atoms with Gasteiger partial charge >= 0.3 is 0 Å². The number of nitrogen functional groups attached to an aromatic ring is 1. The third kappa shape index (κ3) is 3.13. The number of nitrogens with two attached hydrogens (primary N) is 1. The van der Waals surface area contributed by atoms with Crippen LogP contribution in [-0.4, -0.2) is 62.0 Å². The summed E-state index contributed by atoms with van der Waals surface area (Å²) in [5.74, 6) is 0.0631. The molecule has 1 aromatic carbocycles. The van der Waals surface area contributed by atoms with Gasteiger partial charge in [0.05, 0.1) is 11.4 Å². The minimum Gasteiger partial charge on any atom is -0.397 e. The van der Waals surface area contributed by atoms with Crippen LogP contribution in [0.4, 0.5) is 11.4 Å². The summed E-state index contributed by atoms with van der Waals surface area (Å²) in [7, 11) is 5.98. The van der Waals surface area contributed by atoms with Crippen molar-refractivity contribution in [3.8, 4) is 0 Å². The lowest BCUT2D eigenvalue weighted by Crippen LogP contribution is -2.58. The van der Waals surface area contributed by atoms with Crippen LogP contribution in [0.3, 0.4) is 0 Å². The van der Waals surface area contributed by atoms with Gasteiger partial charge in [-0.3, -0.25) is 9.69 Å². The van der Waals surface area contributed by atoms with Crippen molar-refractivity contribution >= 4 is 17.3 Å². The fraction of sp³-hybridized carbons (Fsp3) is 0.562.